The van der Waals surface area contributed by atoms with E-state index in [-0.39, 0.29) is 24.9 Å². The van der Waals surface area contributed by atoms with Crippen molar-refractivity contribution in [2.45, 2.75) is 26.2 Å². The van der Waals surface area contributed by atoms with Gasteiger partial charge in [-0.3, -0.25) is 14.3 Å². The van der Waals surface area contributed by atoms with Gasteiger partial charge in [0.15, 0.2) is 5.82 Å². The average Bonchev–Trinajstić information content (AvgIpc) is 2.98. The third-order valence-electron chi connectivity index (χ3n) is 3.19. The molecular weight excluding hydrogens is 314 g/mol. The number of aliphatic carboxylic acids is 1. The Bertz CT molecular complexity index is 713. The molecular formula is C16H19N3O5. The first-order valence-corrected chi connectivity index (χ1v) is 7.28. The molecule has 0 saturated carbocycles. The number of hydrogen-bond acceptors (Lipinski definition) is 5. The summed E-state index contributed by atoms with van der Waals surface area (Å²) in [5, 5.41) is 15.2. The van der Waals surface area contributed by atoms with Crippen molar-refractivity contribution in [2.24, 2.45) is 0 Å². The number of amides is 1. The van der Waals surface area contributed by atoms with Gasteiger partial charge in [0, 0.05) is 12.3 Å². The molecule has 1 unspecified atom stereocenters. The normalized spacial score (nSPS) is 11.8. The molecule has 8 nitrogen and oxygen atoms in total. The van der Waals surface area contributed by atoms with Gasteiger partial charge >= 0.3 is 5.97 Å². The molecule has 128 valence electrons. The van der Waals surface area contributed by atoms with Crippen LogP contribution in [0.5, 0.6) is 5.75 Å². The maximum absolute atomic E-state index is 12.1. The first-order valence-electron chi connectivity index (χ1n) is 7.28. The molecule has 0 saturated heterocycles. The number of nitrogens with one attached hydrogen (secondary N) is 1. The second-order valence-electron chi connectivity index (χ2n) is 5.09. The summed E-state index contributed by atoms with van der Waals surface area (Å²) in [4.78, 5) is 22.7. The monoisotopic (exact) mass is 333 g/mol. The zero-order chi connectivity index (χ0) is 17.5. The lowest BCUT2D eigenvalue weighted by Gasteiger charge is -2.12. The maximum Gasteiger partial charge on any atom is 0.325 e. The molecule has 1 atom stereocenters. The van der Waals surface area contributed by atoms with Crippen molar-refractivity contribution < 1.29 is 24.2 Å². The van der Waals surface area contributed by atoms with E-state index in [0.717, 1.165) is 11.3 Å². The van der Waals surface area contributed by atoms with Gasteiger partial charge in [-0.05, 0) is 24.6 Å². The quantitative estimate of drug-likeness (QED) is 0.759. The number of hydrogen-bond donors (Lipinski definition) is 2. The van der Waals surface area contributed by atoms with E-state index >= 15 is 0 Å². The van der Waals surface area contributed by atoms with E-state index in [0.29, 0.717) is 0 Å². The Hall–Kier alpha value is -2.87. The summed E-state index contributed by atoms with van der Waals surface area (Å²) in [6, 6.07) is 8.90. The topological polar surface area (TPSA) is 103 Å². The Labute approximate surface area is 139 Å². The molecule has 1 heterocycles. The number of anilines is 1. The van der Waals surface area contributed by atoms with Gasteiger partial charge in [-0.2, -0.15) is 5.10 Å². The van der Waals surface area contributed by atoms with Crippen LogP contribution in [0.25, 0.3) is 0 Å². The molecule has 0 radical (unpaired) electrons. The van der Waals surface area contributed by atoms with Crippen molar-refractivity contribution in [2.75, 3.05) is 12.4 Å². The number of carbonyl (C=O) groups is 2. The van der Waals surface area contributed by atoms with Gasteiger partial charge in [0.05, 0.1) is 13.7 Å². The van der Waals surface area contributed by atoms with Crippen LogP contribution in [-0.4, -0.2) is 40.0 Å². The molecule has 1 amide bonds. The minimum Gasteiger partial charge on any atom is -0.497 e. The second-order valence-corrected chi connectivity index (χ2v) is 5.09. The van der Waals surface area contributed by atoms with E-state index in [1.54, 1.807) is 14.0 Å². The fourth-order valence-electron chi connectivity index (χ4n) is 1.94. The third kappa shape index (κ3) is 5.10. The number of carboxylic acid groups (broad SMARTS) is 1. The fourth-order valence-corrected chi connectivity index (χ4v) is 1.94. The summed E-state index contributed by atoms with van der Waals surface area (Å²) in [6.45, 7) is 1.63. The van der Waals surface area contributed by atoms with E-state index in [9.17, 15) is 9.59 Å². The lowest BCUT2D eigenvalue weighted by Crippen LogP contribution is -2.28. The average molecular weight is 333 g/mol. The second kappa shape index (κ2) is 8.11. The van der Waals surface area contributed by atoms with Gasteiger partial charge in [-0.15, -0.1) is 0 Å². The number of ether oxygens (including phenoxy) is 2. The number of carboxylic acids is 1. The van der Waals surface area contributed by atoms with Crippen LogP contribution in [-0.2, 0) is 27.5 Å². The van der Waals surface area contributed by atoms with Crippen molar-refractivity contribution in [3.63, 3.8) is 0 Å². The molecule has 0 aliphatic carbocycles. The Kier molecular flexibility index (Phi) is 5.91. The fraction of sp³-hybridized carbons (Fsp3) is 0.312. The number of rotatable bonds is 8. The van der Waals surface area contributed by atoms with Crippen molar-refractivity contribution in [1.82, 2.24) is 9.78 Å². The number of benzene rings is 1. The minimum atomic E-state index is -1.01. The summed E-state index contributed by atoms with van der Waals surface area (Å²) < 4.78 is 11.9. The van der Waals surface area contributed by atoms with Crippen molar-refractivity contribution in [3.8, 4) is 5.75 Å². The van der Waals surface area contributed by atoms with Gasteiger partial charge in [-0.25, -0.2) is 0 Å². The van der Waals surface area contributed by atoms with Crippen molar-refractivity contribution in [1.29, 1.82) is 0 Å². The summed E-state index contributed by atoms with van der Waals surface area (Å²) in [7, 11) is 1.58. The Balaban J connectivity index is 1.85. The van der Waals surface area contributed by atoms with Crippen LogP contribution in [0.1, 0.15) is 12.5 Å². The van der Waals surface area contributed by atoms with Crippen LogP contribution < -0.4 is 10.1 Å². The first kappa shape index (κ1) is 17.5. The molecule has 24 heavy (non-hydrogen) atoms. The summed E-state index contributed by atoms with van der Waals surface area (Å²) in [5.41, 5.74) is 0.889. The largest absolute Gasteiger partial charge is 0.497 e. The van der Waals surface area contributed by atoms with E-state index < -0.39 is 12.1 Å². The number of aromatic nitrogens is 2. The van der Waals surface area contributed by atoms with Crippen LogP contribution in [0.2, 0.25) is 0 Å². The minimum absolute atomic E-state index is 0.263. The summed E-state index contributed by atoms with van der Waals surface area (Å²) >= 11 is 0. The van der Waals surface area contributed by atoms with Gasteiger partial charge in [0.1, 0.15) is 18.4 Å². The zero-order valence-electron chi connectivity index (χ0n) is 13.4. The highest BCUT2D eigenvalue weighted by molar-refractivity contribution is 5.93. The zero-order valence-corrected chi connectivity index (χ0v) is 13.4. The summed E-state index contributed by atoms with van der Waals surface area (Å²) in [6.07, 6.45) is 0.784. The number of carbonyl (C=O) groups excluding carboxylic acids is 1. The van der Waals surface area contributed by atoms with Crippen LogP contribution in [0, 0.1) is 0 Å². The Morgan fingerprint density at radius 2 is 2.17 bits per heavy atom. The Morgan fingerprint density at radius 1 is 1.38 bits per heavy atom. The lowest BCUT2D eigenvalue weighted by molar-refractivity contribution is -0.137. The smallest absolute Gasteiger partial charge is 0.325 e. The van der Waals surface area contributed by atoms with Crippen molar-refractivity contribution in [3.05, 3.63) is 42.1 Å². The van der Waals surface area contributed by atoms with Crippen LogP contribution in [0.3, 0.4) is 0 Å². The van der Waals surface area contributed by atoms with Gasteiger partial charge in [-0.1, -0.05) is 12.1 Å². The molecule has 8 heteroatoms. The van der Waals surface area contributed by atoms with Crippen LogP contribution in [0.4, 0.5) is 5.82 Å². The number of nitrogens with zero attached hydrogens (tertiary/aromatic N) is 2. The molecule has 0 bridgehead atoms. The highest BCUT2D eigenvalue weighted by Crippen LogP contribution is 2.14. The number of methoxy groups -OCH3 is 1. The van der Waals surface area contributed by atoms with Crippen molar-refractivity contribution >= 4 is 17.7 Å². The third-order valence-corrected chi connectivity index (χ3v) is 3.19. The SMILES string of the molecule is COc1cccc(COC(C)C(=O)Nc2ccn(CC(=O)O)n2)c1. The molecule has 1 aromatic carbocycles. The predicted octanol–water partition coefficient (Wildman–Crippen LogP) is 1.52. The van der Waals surface area contributed by atoms with Gasteiger partial charge in [0.2, 0.25) is 0 Å². The molecule has 1 aromatic heterocycles. The van der Waals surface area contributed by atoms with Gasteiger partial charge < -0.3 is 19.9 Å². The van der Waals surface area contributed by atoms with Crippen LogP contribution >= 0.6 is 0 Å². The standard InChI is InChI=1S/C16H19N3O5/c1-11(24-10-12-4-3-5-13(8-12)23-2)16(22)17-14-6-7-19(18-14)9-15(20)21/h3-8,11H,9-10H2,1-2H3,(H,20,21)(H,17,18,22). The highest BCUT2D eigenvalue weighted by Gasteiger charge is 2.15. The lowest BCUT2D eigenvalue weighted by atomic mass is 10.2. The van der Waals surface area contributed by atoms with E-state index in [2.05, 4.69) is 10.4 Å². The molecule has 0 fully saturated rings. The van der Waals surface area contributed by atoms with Crippen LogP contribution in [0.15, 0.2) is 36.5 Å². The Morgan fingerprint density at radius 3 is 2.88 bits per heavy atom. The molecule has 2 rings (SSSR count). The first-order chi connectivity index (χ1) is 11.5. The van der Waals surface area contributed by atoms with E-state index in [1.807, 2.05) is 24.3 Å². The van der Waals surface area contributed by atoms with E-state index in [4.69, 9.17) is 14.6 Å². The molecule has 2 N–H and O–H groups in total. The predicted molar refractivity (Wildman–Crippen MR) is 85.7 cm³/mol. The highest BCUT2D eigenvalue weighted by atomic mass is 16.5. The molecule has 2 aromatic rings. The molecule has 0 aliphatic heterocycles. The summed E-state index contributed by atoms with van der Waals surface area (Å²) in [5.74, 6) is -0.375. The maximum atomic E-state index is 12.1. The molecule has 0 spiro atoms. The van der Waals surface area contributed by atoms with Gasteiger partial charge in [0.25, 0.3) is 5.91 Å². The molecule has 0 aliphatic rings. The van der Waals surface area contributed by atoms with E-state index in [1.165, 1.54) is 16.9 Å².